The largest absolute Gasteiger partial charge is 0.323 e. The number of nitrogens with zero attached hydrogens (tertiary/aromatic N) is 1. The molecule has 2 nitrogen and oxygen atoms in total. The van der Waals surface area contributed by atoms with Crippen LogP contribution in [-0.4, -0.2) is 33.6 Å². The first-order chi connectivity index (χ1) is 4.56. The van der Waals surface area contributed by atoms with Gasteiger partial charge in [0.15, 0.2) is 0 Å². The summed E-state index contributed by atoms with van der Waals surface area (Å²) in [5.74, 6) is 0. The Morgan fingerprint density at radius 3 is 2.20 bits per heavy atom. The van der Waals surface area contributed by atoms with E-state index >= 15 is 0 Å². The Morgan fingerprint density at radius 2 is 2.10 bits per heavy atom. The van der Waals surface area contributed by atoms with Crippen molar-refractivity contribution in [3.63, 3.8) is 0 Å². The zero-order valence-electron chi connectivity index (χ0n) is 7.44. The Balaban J connectivity index is 4.08. The Kier molecular flexibility index (Phi) is 3.86. The molecule has 0 bridgehead atoms. The van der Waals surface area contributed by atoms with Crippen molar-refractivity contribution in [3.8, 4) is 0 Å². The highest BCUT2D eigenvalue weighted by atomic mass is 28.3. The molecule has 60 valence electrons. The van der Waals surface area contributed by atoms with Gasteiger partial charge in [0.1, 0.15) is 0 Å². The molecule has 0 rings (SSSR count). The van der Waals surface area contributed by atoms with Gasteiger partial charge in [0.25, 0.3) is 0 Å². The second kappa shape index (κ2) is 3.90. The van der Waals surface area contributed by atoms with Gasteiger partial charge in [-0.25, -0.2) is 0 Å². The monoisotopic (exact) mass is 158 g/mol. The Morgan fingerprint density at radius 1 is 1.60 bits per heavy atom. The minimum Gasteiger partial charge on any atom is -0.323 e. The summed E-state index contributed by atoms with van der Waals surface area (Å²) in [7, 11) is 2.73. The number of hydrogen-bond acceptors (Lipinski definition) is 2. The number of nitrogens with one attached hydrogen (secondary N) is 1. The zero-order chi connectivity index (χ0) is 8.20. The molecule has 0 aromatic heterocycles. The van der Waals surface area contributed by atoms with Crippen molar-refractivity contribution >= 4 is 8.40 Å². The number of rotatable bonds is 4. The van der Waals surface area contributed by atoms with Gasteiger partial charge in [-0.1, -0.05) is 12.6 Å². The summed E-state index contributed by atoms with van der Waals surface area (Å²) in [5.41, 5.74) is 2.05. The van der Waals surface area contributed by atoms with Gasteiger partial charge in [-0.15, -0.1) is 6.58 Å². The summed E-state index contributed by atoms with van der Waals surface area (Å²) in [6.45, 7) is 9.21. The van der Waals surface area contributed by atoms with Crippen LogP contribution >= 0.6 is 0 Å². The van der Waals surface area contributed by atoms with Crippen LogP contribution in [0.5, 0.6) is 0 Å². The van der Waals surface area contributed by atoms with Gasteiger partial charge >= 0.3 is 0 Å². The van der Waals surface area contributed by atoms with E-state index in [-0.39, 0.29) is 0 Å². The molecule has 0 aliphatic heterocycles. The van der Waals surface area contributed by atoms with E-state index in [4.69, 9.17) is 0 Å². The van der Waals surface area contributed by atoms with E-state index < -0.39 is 8.40 Å². The first kappa shape index (κ1) is 9.88. The van der Waals surface area contributed by atoms with E-state index in [0.29, 0.717) is 0 Å². The zero-order valence-corrected chi connectivity index (χ0v) is 8.44. The van der Waals surface area contributed by atoms with Crippen molar-refractivity contribution in [2.45, 2.75) is 13.5 Å². The van der Waals surface area contributed by atoms with Crippen molar-refractivity contribution in [2.75, 3.05) is 20.6 Å². The molecule has 0 radical (unpaired) electrons. The summed E-state index contributed by atoms with van der Waals surface area (Å²) in [6, 6.07) is 0. The van der Waals surface area contributed by atoms with Gasteiger partial charge in [0.05, 0.1) is 0 Å². The van der Waals surface area contributed by atoms with Gasteiger partial charge < -0.3 is 9.55 Å². The molecule has 0 fully saturated rings. The molecular formula is C7H18N2Si. The van der Waals surface area contributed by atoms with Crippen LogP contribution in [-0.2, 0) is 0 Å². The minimum absolute atomic E-state index is 1.02. The predicted molar refractivity (Wildman–Crippen MR) is 49.2 cm³/mol. The molecule has 0 saturated carbocycles. The first-order valence-corrected chi connectivity index (χ1v) is 6.15. The van der Waals surface area contributed by atoms with Crippen LogP contribution in [0.3, 0.4) is 0 Å². The third-order valence-electron chi connectivity index (χ3n) is 1.86. The Labute approximate surface area is 65.1 Å². The molecule has 0 aromatic rings. The van der Waals surface area contributed by atoms with E-state index in [1.165, 1.54) is 0 Å². The molecule has 1 atom stereocenters. The molecule has 0 heterocycles. The topological polar surface area (TPSA) is 15.3 Å². The van der Waals surface area contributed by atoms with Crippen LogP contribution < -0.4 is 4.98 Å². The van der Waals surface area contributed by atoms with Gasteiger partial charge in [0.2, 0.25) is 8.40 Å². The lowest BCUT2D eigenvalue weighted by Crippen LogP contribution is -2.57. The van der Waals surface area contributed by atoms with Crippen LogP contribution in [0.25, 0.3) is 0 Å². The van der Waals surface area contributed by atoms with Crippen molar-refractivity contribution < 1.29 is 0 Å². The standard InChI is InChI=1S/C7H18N2Si/c1-6-8-10(5,7-2)9(3)4/h7-8H,2,6H2,1,3-5H3. The quantitative estimate of drug-likeness (QED) is 0.613. The lowest BCUT2D eigenvalue weighted by Gasteiger charge is -2.30. The minimum atomic E-state index is -1.45. The molecule has 0 spiro atoms. The van der Waals surface area contributed by atoms with Crippen LogP contribution in [0.1, 0.15) is 6.92 Å². The summed E-state index contributed by atoms with van der Waals surface area (Å²) < 4.78 is 2.24. The predicted octanol–water partition coefficient (Wildman–Crippen LogP) is 0.955. The molecule has 0 aliphatic rings. The molecule has 1 unspecified atom stereocenters. The van der Waals surface area contributed by atoms with E-state index in [1.54, 1.807) is 0 Å². The average Bonchev–Trinajstić information content (AvgIpc) is 1.88. The first-order valence-electron chi connectivity index (χ1n) is 3.63. The average molecular weight is 158 g/mol. The fraction of sp³-hybridized carbons (Fsp3) is 0.714. The van der Waals surface area contributed by atoms with Crippen LogP contribution in [0.4, 0.5) is 0 Å². The fourth-order valence-electron chi connectivity index (χ4n) is 0.771. The summed E-state index contributed by atoms with van der Waals surface area (Å²) in [5, 5.41) is 0. The van der Waals surface area contributed by atoms with Crippen LogP contribution in [0, 0.1) is 0 Å². The van der Waals surface area contributed by atoms with E-state index in [1.807, 2.05) is 0 Å². The lowest BCUT2D eigenvalue weighted by molar-refractivity contribution is 0.603. The SMILES string of the molecule is C=C[Si](C)(NCC)N(C)C. The Hall–Kier alpha value is -0.123. The third-order valence-corrected chi connectivity index (χ3v) is 5.58. The van der Waals surface area contributed by atoms with Crippen LogP contribution in [0.15, 0.2) is 12.3 Å². The van der Waals surface area contributed by atoms with E-state index in [9.17, 15) is 0 Å². The summed E-state index contributed by atoms with van der Waals surface area (Å²) in [4.78, 5) is 3.45. The highest BCUT2D eigenvalue weighted by Crippen LogP contribution is 2.00. The molecule has 0 amide bonds. The maximum absolute atomic E-state index is 3.83. The van der Waals surface area contributed by atoms with Crippen molar-refractivity contribution in [2.24, 2.45) is 0 Å². The maximum Gasteiger partial charge on any atom is 0.225 e. The molecule has 10 heavy (non-hydrogen) atoms. The lowest BCUT2D eigenvalue weighted by atomic mass is 10.8. The molecule has 1 N–H and O–H groups in total. The molecule has 0 aliphatic carbocycles. The maximum atomic E-state index is 3.83. The van der Waals surface area contributed by atoms with E-state index in [2.05, 4.69) is 49.4 Å². The molecule has 0 aromatic carbocycles. The summed E-state index contributed by atoms with van der Waals surface area (Å²) in [6.07, 6.45) is 0. The Bertz CT molecular complexity index is 114. The second-order valence-electron chi connectivity index (χ2n) is 2.78. The molecular weight excluding hydrogens is 140 g/mol. The van der Waals surface area contributed by atoms with Crippen molar-refractivity contribution in [1.29, 1.82) is 0 Å². The second-order valence-corrected chi connectivity index (χ2v) is 6.73. The van der Waals surface area contributed by atoms with Gasteiger partial charge in [-0.2, -0.15) is 0 Å². The molecule has 0 saturated heterocycles. The van der Waals surface area contributed by atoms with E-state index in [0.717, 1.165) is 6.54 Å². The van der Waals surface area contributed by atoms with Gasteiger partial charge in [0, 0.05) is 0 Å². The summed E-state index contributed by atoms with van der Waals surface area (Å²) >= 11 is 0. The fourth-order valence-corrected chi connectivity index (χ4v) is 2.31. The highest BCUT2D eigenvalue weighted by molar-refractivity contribution is 6.78. The smallest absolute Gasteiger partial charge is 0.225 e. The molecule has 3 heteroatoms. The normalized spacial score (nSPS) is 16.9. The van der Waals surface area contributed by atoms with Crippen molar-refractivity contribution in [1.82, 2.24) is 9.55 Å². The van der Waals surface area contributed by atoms with Gasteiger partial charge in [-0.05, 0) is 27.2 Å². The third kappa shape index (κ3) is 2.25. The number of hydrogen-bond donors (Lipinski definition) is 1. The van der Waals surface area contributed by atoms with Crippen molar-refractivity contribution in [3.05, 3.63) is 12.3 Å². The van der Waals surface area contributed by atoms with Gasteiger partial charge in [-0.3, -0.25) is 0 Å². The highest BCUT2D eigenvalue weighted by Gasteiger charge is 2.24. The van der Waals surface area contributed by atoms with Crippen LogP contribution in [0.2, 0.25) is 6.55 Å².